The smallest absolute Gasteiger partial charge is 0.366 e. The Labute approximate surface area is 175 Å². The van der Waals surface area contributed by atoms with Crippen LogP contribution < -0.4 is 10.2 Å². The van der Waals surface area contributed by atoms with Crippen LogP contribution in [0.15, 0.2) is 47.4 Å². The Morgan fingerprint density at radius 1 is 1.17 bits per heavy atom. The van der Waals surface area contributed by atoms with E-state index in [2.05, 4.69) is 5.32 Å². The first-order chi connectivity index (χ1) is 14.2. The molecule has 1 amide bonds. The molecule has 2 aromatic carbocycles. The van der Waals surface area contributed by atoms with Crippen molar-refractivity contribution in [2.24, 2.45) is 5.92 Å². The van der Waals surface area contributed by atoms with Crippen LogP contribution in [0.3, 0.4) is 0 Å². The molecule has 1 N–H and O–H groups in total. The van der Waals surface area contributed by atoms with E-state index in [0.717, 1.165) is 17.0 Å². The highest BCUT2D eigenvalue weighted by Gasteiger charge is 2.34. The number of hydrogen-bond acceptors (Lipinski definition) is 5. The largest absolute Gasteiger partial charge is 0.416 e. The highest BCUT2D eigenvalue weighted by molar-refractivity contribution is 7.98. The first-order valence-corrected chi connectivity index (χ1v) is 10.5. The molecule has 1 saturated heterocycles. The molecule has 1 aliphatic rings. The van der Waals surface area contributed by atoms with Gasteiger partial charge in [-0.15, -0.1) is 11.8 Å². The highest BCUT2D eigenvalue weighted by Crippen LogP contribution is 2.37. The molecule has 0 bridgehead atoms. The van der Waals surface area contributed by atoms with Crippen molar-refractivity contribution in [3.8, 4) is 0 Å². The number of carbonyl (C=O) groups excluding carboxylic acids is 1. The average molecular weight is 439 g/mol. The topological polar surface area (TPSA) is 75.5 Å². The molecule has 10 heteroatoms. The fraction of sp³-hybridized carbons (Fsp3) is 0.350. The number of nitro benzene ring substituents is 1. The molecule has 6 nitrogen and oxygen atoms in total. The van der Waals surface area contributed by atoms with E-state index in [9.17, 15) is 28.1 Å². The molecule has 0 radical (unpaired) electrons. The molecule has 0 atom stereocenters. The lowest BCUT2D eigenvalue weighted by Gasteiger charge is -2.32. The van der Waals surface area contributed by atoms with E-state index in [1.54, 1.807) is 16.7 Å². The molecule has 0 saturated carbocycles. The van der Waals surface area contributed by atoms with Gasteiger partial charge in [-0.2, -0.15) is 13.2 Å². The third-order valence-corrected chi connectivity index (χ3v) is 5.81. The second kappa shape index (κ2) is 8.95. The minimum Gasteiger partial charge on any atom is -0.366 e. The Balaban J connectivity index is 1.66. The van der Waals surface area contributed by atoms with Crippen LogP contribution in [0.1, 0.15) is 18.4 Å². The number of nitro groups is 1. The zero-order valence-electron chi connectivity index (χ0n) is 16.1. The summed E-state index contributed by atoms with van der Waals surface area (Å²) in [7, 11) is 0. The van der Waals surface area contributed by atoms with Gasteiger partial charge in [-0.25, -0.2) is 0 Å². The standard InChI is InChI=1S/C20H20F3N3O3S/c1-30-16-5-3-15(4-6-16)24-19(27)13-8-10-25(11-9-13)17-7-2-14(20(21,22)23)12-18(17)26(28)29/h2-7,12-13H,8-11H2,1H3,(H,24,27). The van der Waals surface area contributed by atoms with Gasteiger partial charge in [0, 0.05) is 35.7 Å². The number of nitrogens with one attached hydrogen (secondary N) is 1. The van der Waals surface area contributed by atoms with Gasteiger partial charge in [0.05, 0.1) is 10.5 Å². The zero-order valence-corrected chi connectivity index (χ0v) is 16.9. The quantitative estimate of drug-likeness (QED) is 0.394. The zero-order chi connectivity index (χ0) is 21.9. The van der Waals surface area contributed by atoms with Gasteiger partial charge in [0.2, 0.25) is 5.91 Å². The molecule has 2 aromatic rings. The normalized spacial score (nSPS) is 15.1. The molecule has 30 heavy (non-hydrogen) atoms. The molecule has 1 fully saturated rings. The number of nitrogens with zero attached hydrogens (tertiary/aromatic N) is 2. The minimum absolute atomic E-state index is 0.131. The van der Waals surface area contributed by atoms with E-state index in [-0.39, 0.29) is 17.5 Å². The lowest BCUT2D eigenvalue weighted by Crippen LogP contribution is -2.38. The first-order valence-electron chi connectivity index (χ1n) is 9.24. The number of anilines is 2. The van der Waals surface area contributed by atoms with E-state index in [0.29, 0.717) is 37.7 Å². The predicted molar refractivity (Wildman–Crippen MR) is 110 cm³/mol. The van der Waals surface area contributed by atoms with Crippen LogP contribution in [-0.4, -0.2) is 30.2 Å². The van der Waals surface area contributed by atoms with Gasteiger partial charge in [-0.1, -0.05) is 0 Å². The van der Waals surface area contributed by atoms with Gasteiger partial charge < -0.3 is 10.2 Å². The summed E-state index contributed by atoms with van der Waals surface area (Å²) in [5.74, 6) is -0.400. The summed E-state index contributed by atoms with van der Waals surface area (Å²) in [5, 5.41) is 14.2. The lowest BCUT2D eigenvalue weighted by atomic mass is 9.95. The van der Waals surface area contributed by atoms with Crippen LogP contribution in [0, 0.1) is 16.0 Å². The average Bonchev–Trinajstić information content (AvgIpc) is 2.73. The lowest BCUT2D eigenvalue weighted by molar-refractivity contribution is -0.384. The van der Waals surface area contributed by atoms with E-state index in [1.165, 1.54) is 0 Å². The van der Waals surface area contributed by atoms with Gasteiger partial charge in [0.15, 0.2) is 0 Å². The SMILES string of the molecule is CSc1ccc(NC(=O)C2CCN(c3ccc(C(F)(F)F)cc3[N+](=O)[O-])CC2)cc1. The van der Waals surface area contributed by atoms with E-state index < -0.39 is 22.4 Å². The van der Waals surface area contributed by atoms with Gasteiger partial charge in [-0.05, 0) is 55.5 Å². The Bertz CT molecular complexity index is 927. The van der Waals surface area contributed by atoms with Crippen molar-refractivity contribution in [3.05, 3.63) is 58.1 Å². The second-order valence-corrected chi connectivity index (χ2v) is 7.82. The molecule has 1 heterocycles. The van der Waals surface area contributed by atoms with Crippen LogP contribution in [0.4, 0.5) is 30.2 Å². The summed E-state index contributed by atoms with van der Waals surface area (Å²) >= 11 is 1.60. The molecule has 1 aliphatic heterocycles. The number of halogens is 3. The molecule has 160 valence electrons. The number of alkyl halides is 3. The Morgan fingerprint density at radius 3 is 2.33 bits per heavy atom. The Kier molecular flexibility index (Phi) is 6.55. The van der Waals surface area contributed by atoms with E-state index >= 15 is 0 Å². The molecule has 0 aliphatic carbocycles. The molecule has 3 rings (SSSR count). The summed E-state index contributed by atoms with van der Waals surface area (Å²) in [6.07, 6.45) is -1.79. The fourth-order valence-corrected chi connectivity index (χ4v) is 3.82. The monoisotopic (exact) mass is 439 g/mol. The second-order valence-electron chi connectivity index (χ2n) is 6.94. The van der Waals surface area contributed by atoms with Crippen LogP contribution in [0.25, 0.3) is 0 Å². The maximum atomic E-state index is 12.9. The summed E-state index contributed by atoms with van der Waals surface area (Å²) in [5.41, 5.74) is -0.806. The number of thioether (sulfide) groups is 1. The molecular formula is C20H20F3N3O3S. The third-order valence-electron chi connectivity index (χ3n) is 5.06. The minimum atomic E-state index is -4.65. The maximum absolute atomic E-state index is 12.9. The highest BCUT2D eigenvalue weighted by atomic mass is 32.2. The van der Waals surface area contributed by atoms with Gasteiger partial charge in [0.25, 0.3) is 5.69 Å². The Morgan fingerprint density at radius 2 is 1.80 bits per heavy atom. The number of rotatable bonds is 5. The number of amides is 1. The summed E-state index contributed by atoms with van der Waals surface area (Å²) < 4.78 is 38.7. The van der Waals surface area contributed by atoms with Gasteiger partial charge in [-0.3, -0.25) is 14.9 Å². The number of hydrogen-bond donors (Lipinski definition) is 1. The van der Waals surface area contributed by atoms with Gasteiger partial charge in [0.1, 0.15) is 5.69 Å². The summed E-state index contributed by atoms with van der Waals surface area (Å²) in [6.45, 7) is 0.686. The van der Waals surface area contributed by atoms with Crippen molar-refractivity contribution in [1.29, 1.82) is 0 Å². The van der Waals surface area contributed by atoms with Crippen LogP contribution in [-0.2, 0) is 11.0 Å². The molecule has 0 aromatic heterocycles. The Hall–Kier alpha value is -2.75. The summed E-state index contributed by atoms with van der Waals surface area (Å²) in [4.78, 5) is 25.8. The summed E-state index contributed by atoms with van der Waals surface area (Å²) in [6, 6.07) is 10.0. The van der Waals surface area contributed by atoms with E-state index in [1.807, 2.05) is 30.5 Å². The number of carbonyl (C=O) groups is 1. The van der Waals surface area contributed by atoms with E-state index in [4.69, 9.17) is 0 Å². The van der Waals surface area contributed by atoms with Crippen molar-refractivity contribution in [3.63, 3.8) is 0 Å². The maximum Gasteiger partial charge on any atom is 0.416 e. The fourth-order valence-electron chi connectivity index (χ4n) is 3.41. The van der Waals surface area contributed by atoms with Crippen LogP contribution >= 0.6 is 11.8 Å². The van der Waals surface area contributed by atoms with Crippen molar-refractivity contribution in [2.75, 3.05) is 29.6 Å². The van der Waals surface area contributed by atoms with Crippen molar-refractivity contribution in [1.82, 2.24) is 0 Å². The molecular weight excluding hydrogens is 419 g/mol. The molecule has 0 spiro atoms. The number of piperidine rings is 1. The van der Waals surface area contributed by atoms with Crippen molar-refractivity contribution < 1.29 is 22.9 Å². The number of benzene rings is 2. The third kappa shape index (κ3) is 5.05. The van der Waals surface area contributed by atoms with Crippen LogP contribution in [0.5, 0.6) is 0 Å². The van der Waals surface area contributed by atoms with Crippen molar-refractivity contribution in [2.45, 2.75) is 23.9 Å². The van der Waals surface area contributed by atoms with Crippen LogP contribution in [0.2, 0.25) is 0 Å². The van der Waals surface area contributed by atoms with Gasteiger partial charge >= 0.3 is 6.18 Å². The predicted octanol–water partition coefficient (Wildman–Crippen LogP) is 5.19. The van der Waals surface area contributed by atoms with Crippen molar-refractivity contribution >= 4 is 34.7 Å². The first kappa shape index (κ1) is 21.9. The molecule has 0 unspecified atom stereocenters.